The first-order valence-electron chi connectivity index (χ1n) is 7.85. The average Bonchev–Trinajstić information content (AvgIpc) is 2.63. The van der Waals surface area contributed by atoms with Crippen LogP contribution in [0.4, 0.5) is 0 Å². The predicted octanol–water partition coefficient (Wildman–Crippen LogP) is 3.09. The molecule has 20 heavy (non-hydrogen) atoms. The number of nitrogens with zero attached hydrogens (tertiary/aromatic N) is 1. The van der Waals surface area contributed by atoms with E-state index < -0.39 is 6.04 Å². The Morgan fingerprint density at radius 2 is 1.85 bits per heavy atom. The Kier molecular flexibility index (Phi) is 6.89. The summed E-state index contributed by atoms with van der Waals surface area (Å²) in [7, 11) is 0. The van der Waals surface area contributed by atoms with E-state index in [2.05, 4.69) is 6.92 Å². The Balaban J connectivity index is 2.50. The van der Waals surface area contributed by atoms with Gasteiger partial charge in [-0.15, -0.1) is 0 Å². The van der Waals surface area contributed by atoms with Crippen LogP contribution in [-0.2, 0) is 14.4 Å². The van der Waals surface area contributed by atoms with Crippen LogP contribution in [-0.4, -0.2) is 28.5 Å². The number of unbranched alkanes of at least 4 members (excludes halogenated alkanes) is 4. The summed E-state index contributed by atoms with van der Waals surface area (Å²) < 4.78 is 0. The monoisotopic (exact) mass is 281 g/mol. The van der Waals surface area contributed by atoms with Crippen LogP contribution in [0.2, 0.25) is 0 Å². The van der Waals surface area contributed by atoms with Crippen molar-refractivity contribution in [3.05, 3.63) is 0 Å². The number of carbonyl (C=O) groups excluding carboxylic acids is 3. The van der Waals surface area contributed by atoms with E-state index in [-0.39, 0.29) is 24.0 Å². The van der Waals surface area contributed by atoms with Gasteiger partial charge in [0.25, 0.3) is 0 Å². The van der Waals surface area contributed by atoms with Crippen LogP contribution in [0.1, 0.15) is 72.1 Å². The van der Waals surface area contributed by atoms with Gasteiger partial charge >= 0.3 is 0 Å². The molecule has 1 atom stereocenters. The summed E-state index contributed by atoms with van der Waals surface area (Å²) in [6, 6.07) is -0.509. The number of likely N-dealkylation sites (tertiary alicyclic amines) is 1. The summed E-state index contributed by atoms with van der Waals surface area (Å²) in [4.78, 5) is 37.1. The lowest BCUT2D eigenvalue weighted by atomic mass is 10.0. The third kappa shape index (κ3) is 4.73. The zero-order valence-electron chi connectivity index (χ0n) is 13.0. The molecule has 1 fully saturated rings. The zero-order chi connectivity index (χ0) is 15.1. The van der Waals surface area contributed by atoms with Gasteiger partial charge in [-0.05, 0) is 18.8 Å². The molecule has 2 amide bonds. The maximum atomic E-state index is 12.2. The smallest absolute Gasteiger partial charge is 0.237 e. The number of ketones is 1. The second kappa shape index (κ2) is 8.18. The molecule has 0 spiro atoms. The van der Waals surface area contributed by atoms with E-state index in [0.29, 0.717) is 18.8 Å². The van der Waals surface area contributed by atoms with Crippen LogP contribution < -0.4 is 0 Å². The fourth-order valence-electron chi connectivity index (χ4n) is 2.67. The minimum atomic E-state index is -0.509. The Labute approximate surface area is 121 Å². The van der Waals surface area contributed by atoms with Crippen LogP contribution in [0.5, 0.6) is 0 Å². The Hall–Kier alpha value is -1.19. The molecule has 0 aromatic carbocycles. The fraction of sp³-hybridized carbons (Fsp3) is 0.812. The largest absolute Gasteiger partial charge is 0.297 e. The van der Waals surface area contributed by atoms with Gasteiger partial charge < -0.3 is 0 Å². The minimum absolute atomic E-state index is 0.0944. The van der Waals surface area contributed by atoms with E-state index in [1.807, 2.05) is 13.8 Å². The van der Waals surface area contributed by atoms with Gasteiger partial charge in [0.15, 0.2) is 5.78 Å². The fourth-order valence-corrected chi connectivity index (χ4v) is 2.67. The normalized spacial score (nSPS) is 19.2. The first-order chi connectivity index (χ1) is 9.47. The second-order valence-electron chi connectivity index (χ2n) is 6.11. The number of Topliss-reactive ketones (excluding diaryl/α,β-unsaturated/α-hetero) is 1. The van der Waals surface area contributed by atoms with Gasteiger partial charge in [-0.3, -0.25) is 19.3 Å². The molecule has 1 unspecified atom stereocenters. The number of amides is 2. The molecule has 4 nitrogen and oxygen atoms in total. The van der Waals surface area contributed by atoms with Crippen LogP contribution in [0.3, 0.4) is 0 Å². The minimum Gasteiger partial charge on any atom is -0.297 e. The van der Waals surface area contributed by atoms with E-state index >= 15 is 0 Å². The van der Waals surface area contributed by atoms with Gasteiger partial charge in [0, 0.05) is 6.42 Å². The van der Waals surface area contributed by atoms with Crippen LogP contribution in [0.25, 0.3) is 0 Å². The van der Waals surface area contributed by atoms with E-state index in [1.165, 1.54) is 17.7 Å². The highest BCUT2D eigenvalue weighted by atomic mass is 16.2. The van der Waals surface area contributed by atoms with Crippen molar-refractivity contribution < 1.29 is 14.4 Å². The molecule has 0 N–H and O–H groups in total. The lowest BCUT2D eigenvalue weighted by molar-refractivity contribution is -0.145. The van der Waals surface area contributed by atoms with Crippen molar-refractivity contribution in [2.75, 3.05) is 0 Å². The van der Waals surface area contributed by atoms with Crippen molar-refractivity contribution in [1.29, 1.82) is 0 Å². The summed E-state index contributed by atoms with van der Waals surface area (Å²) in [6.07, 6.45) is 6.19. The highest BCUT2D eigenvalue weighted by Gasteiger charge is 2.41. The Morgan fingerprint density at radius 3 is 2.45 bits per heavy atom. The number of hydrogen-bond acceptors (Lipinski definition) is 3. The Bertz CT molecular complexity index is 363. The quantitative estimate of drug-likeness (QED) is 0.507. The first kappa shape index (κ1) is 16.9. The number of imide groups is 1. The predicted molar refractivity (Wildman–Crippen MR) is 78.1 cm³/mol. The SMILES string of the molecule is CCCCCCCC(=O)N1C(=O)CC(=O)C1CC(C)C. The standard InChI is InChI=1S/C16H27NO3/c1-4-5-6-7-8-9-15(19)17-13(10-12(2)3)14(18)11-16(17)20/h12-13H,4-11H2,1-3H3. The summed E-state index contributed by atoms with van der Waals surface area (Å²) in [5, 5.41) is 0. The van der Waals surface area contributed by atoms with Crippen molar-refractivity contribution in [2.24, 2.45) is 5.92 Å². The molecule has 1 saturated heterocycles. The molecule has 0 saturated carbocycles. The van der Waals surface area contributed by atoms with E-state index in [9.17, 15) is 14.4 Å². The molecule has 1 heterocycles. The molecular formula is C16H27NO3. The van der Waals surface area contributed by atoms with E-state index in [0.717, 1.165) is 19.3 Å². The molecule has 1 aliphatic rings. The maximum absolute atomic E-state index is 12.2. The number of hydrogen-bond donors (Lipinski definition) is 0. The topological polar surface area (TPSA) is 54.5 Å². The lowest BCUT2D eigenvalue weighted by Crippen LogP contribution is -2.41. The van der Waals surface area contributed by atoms with Gasteiger partial charge in [0.1, 0.15) is 0 Å². The number of carbonyl (C=O) groups is 3. The molecule has 0 aliphatic carbocycles. The van der Waals surface area contributed by atoms with Crippen molar-refractivity contribution in [3.8, 4) is 0 Å². The third-order valence-electron chi connectivity index (χ3n) is 3.74. The molecular weight excluding hydrogens is 254 g/mol. The molecule has 1 aliphatic heterocycles. The van der Waals surface area contributed by atoms with Gasteiger partial charge in [0.05, 0.1) is 12.5 Å². The molecule has 0 aromatic rings. The molecule has 0 radical (unpaired) electrons. The molecule has 4 heteroatoms. The lowest BCUT2D eigenvalue weighted by Gasteiger charge is -2.23. The van der Waals surface area contributed by atoms with Crippen LogP contribution >= 0.6 is 0 Å². The van der Waals surface area contributed by atoms with Crippen molar-refractivity contribution in [3.63, 3.8) is 0 Å². The maximum Gasteiger partial charge on any atom is 0.237 e. The van der Waals surface area contributed by atoms with Gasteiger partial charge in [-0.1, -0.05) is 46.5 Å². The summed E-state index contributed by atoms with van der Waals surface area (Å²) in [5.74, 6) is -0.264. The van der Waals surface area contributed by atoms with Crippen LogP contribution in [0, 0.1) is 5.92 Å². The van der Waals surface area contributed by atoms with E-state index in [4.69, 9.17) is 0 Å². The first-order valence-corrected chi connectivity index (χ1v) is 7.85. The highest BCUT2D eigenvalue weighted by molar-refractivity contribution is 6.14. The average molecular weight is 281 g/mol. The van der Waals surface area contributed by atoms with E-state index in [1.54, 1.807) is 0 Å². The summed E-state index contributed by atoms with van der Waals surface area (Å²) in [6.45, 7) is 6.16. The summed E-state index contributed by atoms with van der Waals surface area (Å²) >= 11 is 0. The van der Waals surface area contributed by atoms with Crippen molar-refractivity contribution in [2.45, 2.75) is 78.2 Å². The molecule has 1 rings (SSSR count). The van der Waals surface area contributed by atoms with Crippen molar-refractivity contribution in [1.82, 2.24) is 4.90 Å². The molecule has 114 valence electrons. The van der Waals surface area contributed by atoms with Crippen LogP contribution in [0.15, 0.2) is 0 Å². The van der Waals surface area contributed by atoms with Gasteiger partial charge in [-0.25, -0.2) is 0 Å². The second-order valence-corrected chi connectivity index (χ2v) is 6.11. The molecule has 0 aromatic heterocycles. The highest BCUT2D eigenvalue weighted by Crippen LogP contribution is 2.23. The van der Waals surface area contributed by atoms with Crippen molar-refractivity contribution >= 4 is 17.6 Å². The van der Waals surface area contributed by atoms with Gasteiger partial charge in [-0.2, -0.15) is 0 Å². The summed E-state index contributed by atoms with van der Waals surface area (Å²) in [5.41, 5.74) is 0. The zero-order valence-corrected chi connectivity index (χ0v) is 13.0. The third-order valence-corrected chi connectivity index (χ3v) is 3.74. The number of rotatable bonds is 8. The van der Waals surface area contributed by atoms with Gasteiger partial charge in [0.2, 0.25) is 11.8 Å². The molecule has 0 bridgehead atoms. The Morgan fingerprint density at radius 1 is 1.20 bits per heavy atom.